The number of benzene rings is 1. The number of esters is 1. The normalized spacial score (nSPS) is 16.1. The van der Waals surface area contributed by atoms with Gasteiger partial charge in [-0.1, -0.05) is 11.6 Å². The van der Waals surface area contributed by atoms with Crippen LogP contribution < -0.4 is 9.64 Å². The Hall–Kier alpha value is -2.41. The Morgan fingerprint density at radius 2 is 1.96 bits per heavy atom. The molecular formula is C19H19ClF2N2O3. The largest absolute Gasteiger partial charge is 0.479 e. The fourth-order valence-corrected chi connectivity index (χ4v) is 2.93. The summed E-state index contributed by atoms with van der Waals surface area (Å²) in [5, 5.41) is 0.581. The number of pyridine rings is 1. The van der Waals surface area contributed by atoms with E-state index in [1.807, 2.05) is 6.07 Å². The number of nitrogens with zero attached hydrogens (tertiary/aromatic N) is 2. The lowest BCUT2D eigenvalue weighted by molar-refractivity contribution is -0.157. The third-order valence-electron chi connectivity index (χ3n) is 4.30. The second-order valence-corrected chi connectivity index (χ2v) is 6.73. The molecule has 0 spiro atoms. The van der Waals surface area contributed by atoms with Crippen LogP contribution in [-0.4, -0.2) is 36.3 Å². The molecule has 2 heterocycles. The summed E-state index contributed by atoms with van der Waals surface area (Å²) in [5.74, 6) is -1.64. The average molecular weight is 397 g/mol. The molecule has 5 nitrogen and oxygen atoms in total. The minimum atomic E-state index is -1.03. The number of carbonyl (C=O) groups excluding carboxylic acids is 1. The standard InChI is InChI=1S/C19H19ClF2N2O3/c1-12(26-15-3-4-16(21)17(22)10-15)19(25)27-14-6-8-24(9-7-14)18-5-2-13(20)11-23-18/h2-5,10-12,14H,6-9H2,1H3. The zero-order valence-corrected chi connectivity index (χ0v) is 15.5. The quantitative estimate of drug-likeness (QED) is 0.715. The van der Waals surface area contributed by atoms with Gasteiger partial charge < -0.3 is 14.4 Å². The third-order valence-corrected chi connectivity index (χ3v) is 4.52. The SMILES string of the molecule is CC(Oc1ccc(F)c(F)c1)C(=O)OC1CCN(c2ccc(Cl)cn2)CC1. The van der Waals surface area contributed by atoms with Crippen LogP contribution in [0.1, 0.15) is 19.8 Å². The highest BCUT2D eigenvalue weighted by molar-refractivity contribution is 6.30. The van der Waals surface area contributed by atoms with Crippen LogP contribution in [-0.2, 0) is 9.53 Å². The topological polar surface area (TPSA) is 51.7 Å². The lowest BCUT2D eigenvalue weighted by Crippen LogP contribution is -2.40. The number of hydrogen-bond acceptors (Lipinski definition) is 5. The molecule has 1 saturated heterocycles. The summed E-state index contributed by atoms with van der Waals surface area (Å²) in [6.07, 6.45) is 1.77. The molecule has 0 aliphatic carbocycles. The van der Waals surface area contributed by atoms with Crippen LogP contribution in [0.3, 0.4) is 0 Å². The number of anilines is 1. The van der Waals surface area contributed by atoms with Gasteiger partial charge in [0.05, 0.1) is 5.02 Å². The van der Waals surface area contributed by atoms with E-state index < -0.39 is 23.7 Å². The van der Waals surface area contributed by atoms with E-state index in [0.717, 1.165) is 18.0 Å². The van der Waals surface area contributed by atoms with Crippen LogP contribution in [0.25, 0.3) is 0 Å². The zero-order valence-electron chi connectivity index (χ0n) is 14.7. The Bertz CT molecular complexity index is 796. The predicted molar refractivity (Wildman–Crippen MR) is 97.0 cm³/mol. The van der Waals surface area contributed by atoms with Crippen LogP contribution >= 0.6 is 11.6 Å². The first-order valence-electron chi connectivity index (χ1n) is 8.61. The van der Waals surface area contributed by atoms with Gasteiger partial charge in [0.2, 0.25) is 0 Å². The minimum absolute atomic E-state index is 0.0713. The molecule has 1 fully saturated rings. The first-order chi connectivity index (χ1) is 12.9. The summed E-state index contributed by atoms with van der Waals surface area (Å²) in [4.78, 5) is 18.6. The summed E-state index contributed by atoms with van der Waals surface area (Å²) in [6.45, 7) is 2.91. The smallest absolute Gasteiger partial charge is 0.347 e. The van der Waals surface area contributed by atoms with E-state index in [9.17, 15) is 13.6 Å². The highest BCUT2D eigenvalue weighted by Crippen LogP contribution is 2.22. The Kier molecular flexibility index (Phi) is 6.11. The lowest BCUT2D eigenvalue weighted by Gasteiger charge is -2.32. The average Bonchev–Trinajstić information content (AvgIpc) is 2.66. The molecule has 3 rings (SSSR count). The molecule has 1 aliphatic heterocycles. The molecule has 0 radical (unpaired) electrons. The van der Waals surface area contributed by atoms with E-state index in [2.05, 4.69) is 9.88 Å². The van der Waals surface area contributed by atoms with Crippen LogP contribution in [0.15, 0.2) is 36.5 Å². The van der Waals surface area contributed by atoms with Crippen molar-refractivity contribution >= 4 is 23.4 Å². The van der Waals surface area contributed by atoms with Crippen molar-refractivity contribution in [2.75, 3.05) is 18.0 Å². The van der Waals surface area contributed by atoms with Crippen molar-refractivity contribution < 1.29 is 23.0 Å². The number of rotatable bonds is 5. The molecule has 1 aromatic heterocycles. The van der Waals surface area contributed by atoms with Gasteiger partial charge in [0, 0.05) is 38.2 Å². The van der Waals surface area contributed by atoms with Gasteiger partial charge in [-0.2, -0.15) is 0 Å². The van der Waals surface area contributed by atoms with Gasteiger partial charge in [0.15, 0.2) is 17.7 Å². The predicted octanol–water partition coefficient (Wildman–Crippen LogP) is 3.99. The molecule has 8 heteroatoms. The van der Waals surface area contributed by atoms with Gasteiger partial charge >= 0.3 is 5.97 Å². The Morgan fingerprint density at radius 3 is 2.59 bits per heavy atom. The molecule has 1 aromatic carbocycles. The molecule has 1 unspecified atom stereocenters. The summed E-state index contributed by atoms with van der Waals surface area (Å²) in [6, 6.07) is 6.75. The van der Waals surface area contributed by atoms with Crippen molar-refractivity contribution in [3.05, 3.63) is 53.2 Å². The molecule has 0 N–H and O–H groups in total. The maximum absolute atomic E-state index is 13.2. The fourth-order valence-electron chi connectivity index (χ4n) is 2.82. The van der Waals surface area contributed by atoms with Crippen LogP contribution in [0, 0.1) is 11.6 Å². The molecule has 1 aliphatic rings. The molecule has 1 atom stereocenters. The third kappa shape index (κ3) is 5.07. The van der Waals surface area contributed by atoms with E-state index in [1.165, 1.54) is 13.0 Å². The van der Waals surface area contributed by atoms with E-state index in [1.54, 1.807) is 12.3 Å². The van der Waals surface area contributed by atoms with Gasteiger partial charge in [-0.05, 0) is 31.2 Å². The molecule has 0 bridgehead atoms. The number of aromatic nitrogens is 1. The van der Waals surface area contributed by atoms with Crippen molar-refractivity contribution in [1.82, 2.24) is 4.98 Å². The van der Waals surface area contributed by atoms with Crippen molar-refractivity contribution in [2.24, 2.45) is 0 Å². The number of carbonyl (C=O) groups is 1. The van der Waals surface area contributed by atoms with Crippen molar-refractivity contribution in [3.8, 4) is 5.75 Å². The Morgan fingerprint density at radius 1 is 1.22 bits per heavy atom. The second-order valence-electron chi connectivity index (χ2n) is 6.29. The first kappa shape index (κ1) is 19.4. The number of ether oxygens (including phenoxy) is 2. The van der Waals surface area contributed by atoms with E-state index in [0.29, 0.717) is 31.0 Å². The maximum atomic E-state index is 13.2. The van der Waals surface area contributed by atoms with Crippen molar-refractivity contribution in [3.63, 3.8) is 0 Å². The van der Waals surface area contributed by atoms with Crippen LogP contribution in [0.4, 0.5) is 14.6 Å². The monoisotopic (exact) mass is 396 g/mol. The fraction of sp³-hybridized carbons (Fsp3) is 0.368. The maximum Gasteiger partial charge on any atom is 0.347 e. The summed E-state index contributed by atoms with van der Waals surface area (Å²) in [5.41, 5.74) is 0. The molecule has 2 aromatic rings. The second kappa shape index (κ2) is 8.52. The first-order valence-corrected chi connectivity index (χ1v) is 8.99. The van der Waals surface area contributed by atoms with Crippen molar-refractivity contribution in [2.45, 2.75) is 32.0 Å². The van der Waals surface area contributed by atoms with Gasteiger partial charge in [0.25, 0.3) is 0 Å². The Balaban J connectivity index is 1.48. The van der Waals surface area contributed by atoms with Gasteiger partial charge in [0.1, 0.15) is 17.7 Å². The number of hydrogen-bond donors (Lipinski definition) is 0. The lowest BCUT2D eigenvalue weighted by atomic mass is 10.1. The highest BCUT2D eigenvalue weighted by atomic mass is 35.5. The molecular weight excluding hydrogens is 378 g/mol. The highest BCUT2D eigenvalue weighted by Gasteiger charge is 2.26. The van der Waals surface area contributed by atoms with Gasteiger partial charge in [-0.25, -0.2) is 18.6 Å². The Labute approximate surface area is 160 Å². The molecule has 27 heavy (non-hydrogen) atoms. The number of halogens is 3. The van der Waals surface area contributed by atoms with Gasteiger partial charge in [-0.3, -0.25) is 0 Å². The van der Waals surface area contributed by atoms with Crippen LogP contribution in [0.2, 0.25) is 5.02 Å². The van der Waals surface area contributed by atoms with E-state index >= 15 is 0 Å². The van der Waals surface area contributed by atoms with Gasteiger partial charge in [-0.15, -0.1) is 0 Å². The summed E-state index contributed by atoms with van der Waals surface area (Å²) < 4.78 is 37.0. The molecule has 144 valence electrons. The summed E-state index contributed by atoms with van der Waals surface area (Å²) >= 11 is 5.85. The molecule has 0 saturated carbocycles. The number of piperidine rings is 1. The van der Waals surface area contributed by atoms with Crippen molar-refractivity contribution in [1.29, 1.82) is 0 Å². The van der Waals surface area contributed by atoms with E-state index in [4.69, 9.17) is 21.1 Å². The molecule has 0 amide bonds. The van der Waals surface area contributed by atoms with E-state index in [-0.39, 0.29) is 11.9 Å². The minimum Gasteiger partial charge on any atom is -0.479 e. The zero-order chi connectivity index (χ0) is 19.4. The van der Waals surface area contributed by atoms with Crippen LogP contribution in [0.5, 0.6) is 5.75 Å². The summed E-state index contributed by atoms with van der Waals surface area (Å²) in [7, 11) is 0.